The monoisotopic (exact) mass is 345 g/mol. The number of nitro groups is 1. The molecule has 0 amide bonds. The molecule has 2 aromatic heterocycles. The largest absolute Gasteiger partial charge is 0.363 e. The van der Waals surface area contributed by atoms with Gasteiger partial charge in [-0.2, -0.15) is 0 Å². The number of nitrogens with zero attached hydrogens (tertiary/aromatic N) is 4. The van der Waals surface area contributed by atoms with Crippen molar-refractivity contribution in [3.63, 3.8) is 0 Å². The highest BCUT2D eigenvalue weighted by Gasteiger charge is 2.16. The van der Waals surface area contributed by atoms with E-state index in [1.54, 1.807) is 7.05 Å². The van der Waals surface area contributed by atoms with Crippen molar-refractivity contribution in [1.82, 2.24) is 14.8 Å². The van der Waals surface area contributed by atoms with Crippen molar-refractivity contribution in [2.24, 2.45) is 0 Å². The molecular formula is C9H8BrN5O3S. The van der Waals surface area contributed by atoms with E-state index in [4.69, 9.17) is 0 Å². The summed E-state index contributed by atoms with van der Waals surface area (Å²) in [5.74, 6) is 0. The summed E-state index contributed by atoms with van der Waals surface area (Å²) in [5, 5.41) is 22.5. The molecule has 0 saturated carbocycles. The predicted octanol–water partition coefficient (Wildman–Crippen LogP) is 1.46. The summed E-state index contributed by atoms with van der Waals surface area (Å²) in [6.07, 6.45) is 1.48. The average molecular weight is 346 g/mol. The first kappa shape index (κ1) is 13.6. The number of hydrogen-bond acceptors (Lipinski definition) is 7. The van der Waals surface area contributed by atoms with Gasteiger partial charge in [0.1, 0.15) is 5.01 Å². The number of hydrogen-bond donors (Lipinski definition) is 1. The smallest absolute Gasteiger partial charge is 0.335 e. The Bertz CT molecular complexity index is 683. The molecule has 0 aliphatic carbocycles. The molecule has 0 aliphatic rings. The van der Waals surface area contributed by atoms with Gasteiger partial charge in [-0.05, 0) is 15.9 Å². The zero-order valence-electron chi connectivity index (χ0n) is 9.66. The Hall–Kier alpha value is -1.81. The van der Waals surface area contributed by atoms with E-state index >= 15 is 0 Å². The van der Waals surface area contributed by atoms with Crippen LogP contribution in [-0.2, 0) is 6.54 Å². The van der Waals surface area contributed by atoms with Gasteiger partial charge in [-0.1, -0.05) is 11.3 Å². The van der Waals surface area contributed by atoms with Gasteiger partial charge in [0, 0.05) is 23.8 Å². The van der Waals surface area contributed by atoms with Crippen LogP contribution in [0.5, 0.6) is 0 Å². The van der Waals surface area contributed by atoms with Crippen molar-refractivity contribution in [3.05, 3.63) is 42.2 Å². The third-order valence-electron chi connectivity index (χ3n) is 2.22. The maximum atomic E-state index is 11.9. The van der Waals surface area contributed by atoms with Crippen molar-refractivity contribution in [1.29, 1.82) is 0 Å². The first-order valence-electron chi connectivity index (χ1n) is 5.05. The van der Waals surface area contributed by atoms with E-state index < -0.39 is 16.2 Å². The quantitative estimate of drug-likeness (QED) is 0.664. The molecule has 2 heterocycles. The summed E-state index contributed by atoms with van der Waals surface area (Å²) in [7, 11) is 1.71. The summed E-state index contributed by atoms with van der Waals surface area (Å²) in [4.78, 5) is 21.9. The fraction of sp³-hybridized carbons (Fsp3) is 0.222. The minimum absolute atomic E-state index is 0.137. The van der Waals surface area contributed by atoms with Crippen molar-refractivity contribution in [2.75, 3.05) is 12.4 Å². The Morgan fingerprint density at radius 1 is 1.58 bits per heavy atom. The number of pyridine rings is 1. The van der Waals surface area contributed by atoms with Crippen molar-refractivity contribution >= 4 is 38.1 Å². The Morgan fingerprint density at radius 3 is 2.89 bits per heavy atom. The van der Waals surface area contributed by atoms with Crippen LogP contribution in [0.15, 0.2) is 21.5 Å². The number of halogens is 1. The fourth-order valence-corrected chi connectivity index (χ4v) is 2.55. The van der Waals surface area contributed by atoms with Gasteiger partial charge in [0.25, 0.3) is 0 Å². The van der Waals surface area contributed by atoms with Crippen LogP contribution in [0.2, 0.25) is 0 Å². The van der Waals surface area contributed by atoms with Crippen LogP contribution in [0.4, 0.5) is 10.8 Å². The maximum Gasteiger partial charge on any atom is 0.335 e. The highest BCUT2D eigenvalue weighted by atomic mass is 79.9. The maximum absolute atomic E-state index is 11.9. The van der Waals surface area contributed by atoms with E-state index in [0.717, 1.165) is 0 Å². The summed E-state index contributed by atoms with van der Waals surface area (Å²) in [6.45, 7) is 0.137. The Balaban J connectivity index is 2.40. The Kier molecular flexibility index (Phi) is 3.90. The molecule has 0 fully saturated rings. The molecule has 19 heavy (non-hydrogen) atoms. The molecular weight excluding hydrogens is 338 g/mol. The predicted molar refractivity (Wildman–Crippen MR) is 73.6 cm³/mol. The van der Waals surface area contributed by atoms with Gasteiger partial charge in [0.15, 0.2) is 0 Å². The lowest BCUT2D eigenvalue weighted by Gasteiger charge is -2.03. The molecule has 2 rings (SSSR count). The summed E-state index contributed by atoms with van der Waals surface area (Å²) < 4.78 is 1.68. The second-order valence-electron chi connectivity index (χ2n) is 3.48. The molecule has 0 atom stereocenters. The molecule has 0 aromatic carbocycles. The van der Waals surface area contributed by atoms with Gasteiger partial charge >= 0.3 is 11.2 Å². The lowest BCUT2D eigenvalue weighted by atomic mass is 10.4. The molecule has 0 aliphatic heterocycles. The highest BCUT2D eigenvalue weighted by Crippen LogP contribution is 2.17. The van der Waals surface area contributed by atoms with Crippen LogP contribution in [0.3, 0.4) is 0 Å². The van der Waals surface area contributed by atoms with Crippen LogP contribution >= 0.6 is 27.3 Å². The van der Waals surface area contributed by atoms with Crippen molar-refractivity contribution in [3.8, 4) is 0 Å². The van der Waals surface area contributed by atoms with Crippen molar-refractivity contribution < 1.29 is 4.92 Å². The molecule has 1 N–H and O–H groups in total. The SMILES string of the molecule is CNc1nnc(Cn2cc(Br)cc([N+](=O)[O-])c2=O)s1. The Morgan fingerprint density at radius 2 is 2.32 bits per heavy atom. The van der Waals surface area contributed by atoms with E-state index in [9.17, 15) is 14.9 Å². The molecule has 10 heteroatoms. The van der Waals surface area contributed by atoms with Gasteiger partial charge in [-0.15, -0.1) is 10.2 Å². The van der Waals surface area contributed by atoms with Gasteiger partial charge < -0.3 is 9.88 Å². The standard InChI is InChI=1S/C9H8BrN5O3S/c1-11-9-13-12-7(19-9)4-14-3-5(10)2-6(8(14)16)15(17)18/h2-3H,4H2,1H3,(H,11,13). The number of anilines is 1. The summed E-state index contributed by atoms with van der Waals surface area (Å²) >= 11 is 4.42. The molecule has 0 bridgehead atoms. The lowest BCUT2D eigenvalue weighted by molar-refractivity contribution is -0.386. The average Bonchev–Trinajstić information content (AvgIpc) is 2.80. The van der Waals surface area contributed by atoms with E-state index in [2.05, 4.69) is 31.4 Å². The molecule has 0 radical (unpaired) electrons. The van der Waals surface area contributed by atoms with Crippen molar-refractivity contribution in [2.45, 2.75) is 6.54 Å². The van der Waals surface area contributed by atoms with Gasteiger partial charge in [-0.3, -0.25) is 14.9 Å². The van der Waals surface area contributed by atoms with Gasteiger partial charge in [0.2, 0.25) is 5.13 Å². The summed E-state index contributed by atoms with van der Waals surface area (Å²) in [5.41, 5.74) is -1.15. The summed E-state index contributed by atoms with van der Waals surface area (Å²) in [6, 6.07) is 1.18. The molecule has 2 aromatic rings. The first-order valence-corrected chi connectivity index (χ1v) is 6.66. The van der Waals surface area contributed by atoms with E-state index in [-0.39, 0.29) is 6.54 Å². The zero-order chi connectivity index (χ0) is 14.0. The number of rotatable bonds is 4. The zero-order valence-corrected chi connectivity index (χ0v) is 12.1. The molecule has 0 unspecified atom stereocenters. The van der Waals surface area contributed by atoms with Gasteiger partial charge in [-0.25, -0.2) is 0 Å². The van der Waals surface area contributed by atoms with Crippen LogP contribution in [0, 0.1) is 10.1 Å². The van der Waals surface area contributed by atoms with Gasteiger partial charge in [0.05, 0.1) is 11.5 Å². The van der Waals surface area contributed by atoms with E-state index in [1.807, 2.05) is 0 Å². The van der Waals surface area contributed by atoms with Crippen LogP contribution < -0.4 is 10.9 Å². The highest BCUT2D eigenvalue weighted by molar-refractivity contribution is 9.10. The molecule has 8 nitrogen and oxygen atoms in total. The number of nitrogens with one attached hydrogen (secondary N) is 1. The van der Waals surface area contributed by atoms with E-state index in [1.165, 1.54) is 28.2 Å². The molecule has 100 valence electrons. The topological polar surface area (TPSA) is 103 Å². The molecule has 0 spiro atoms. The molecule has 0 saturated heterocycles. The van der Waals surface area contributed by atoms with Crippen LogP contribution in [0.1, 0.15) is 5.01 Å². The minimum atomic E-state index is -0.706. The second kappa shape index (κ2) is 5.45. The normalized spacial score (nSPS) is 10.4. The minimum Gasteiger partial charge on any atom is -0.363 e. The fourth-order valence-electron chi connectivity index (χ4n) is 1.40. The third kappa shape index (κ3) is 2.96. The first-order chi connectivity index (χ1) is 9.01. The lowest BCUT2D eigenvalue weighted by Crippen LogP contribution is -2.22. The third-order valence-corrected chi connectivity index (χ3v) is 3.58. The number of aromatic nitrogens is 3. The Labute approximate surface area is 119 Å². The van der Waals surface area contributed by atoms with Crippen LogP contribution in [-0.4, -0.2) is 26.7 Å². The van der Waals surface area contributed by atoms with Crippen LogP contribution in [0.25, 0.3) is 0 Å². The second-order valence-corrected chi connectivity index (χ2v) is 5.46. The van der Waals surface area contributed by atoms with E-state index in [0.29, 0.717) is 14.6 Å².